The van der Waals surface area contributed by atoms with Gasteiger partial charge in [0.1, 0.15) is 10.0 Å². The minimum Gasteiger partial charge on any atom is -0.314 e. The van der Waals surface area contributed by atoms with Crippen molar-refractivity contribution in [3.8, 4) is 0 Å². The van der Waals surface area contributed by atoms with Crippen molar-refractivity contribution in [2.45, 2.75) is 38.1 Å². The summed E-state index contributed by atoms with van der Waals surface area (Å²) in [7, 11) is 0. The quantitative estimate of drug-likeness (QED) is 0.774. The van der Waals surface area contributed by atoms with Gasteiger partial charge in [0.25, 0.3) is 0 Å². The molecule has 0 spiro atoms. The minimum absolute atomic E-state index is 0.802. The predicted molar refractivity (Wildman–Crippen MR) is 86.2 cm³/mol. The van der Waals surface area contributed by atoms with Crippen LogP contribution >= 0.6 is 27.3 Å². The maximum Gasteiger partial charge on any atom is 0.121 e. The summed E-state index contributed by atoms with van der Waals surface area (Å²) in [5, 5.41) is 14.4. The number of aromatic nitrogens is 2. The maximum atomic E-state index is 4.30. The first-order valence-corrected chi connectivity index (χ1v) is 8.69. The Hall–Kier alpha value is -0.780. The first-order chi connectivity index (χ1) is 9.79. The molecule has 3 nitrogen and oxygen atoms in total. The summed E-state index contributed by atoms with van der Waals surface area (Å²) in [5.41, 5.74) is 1.28. The van der Waals surface area contributed by atoms with Crippen LogP contribution < -0.4 is 5.32 Å². The summed E-state index contributed by atoms with van der Waals surface area (Å²) in [6, 6.07) is 9.18. The molecule has 1 aromatic carbocycles. The summed E-state index contributed by atoms with van der Waals surface area (Å²) in [5.74, 6) is 0. The van der Waals surface area contributed by atoms with Crippen LogP contribution in [0.25, 0.3) is 0 Å². The lowest BCUT2D eigenvalue weighted by Crippen LogP contribution is -2.17. The predicted octanol–water partition coefficient (Wildman–Crippen LogP) is 3.58. The Morgan fingerprint density at radius 2 is 2.10 bits per heavy atom. The van der Waals surface area contributed by atoms with Crippen molar-refractivity contribution >= 4 is 27.3 Å². The van der Waals surface area contributed by atoms with E-state index >= 15 is 0 Å². The van der Waals surface area contributed by atoms with Crippen LogP contribution in [0, 0.1) is 0 Å². The van der Waals surface area contributed by atoms with Crippen LogP contribution in [0.3, 0.4) is 0 Å². The van der Waals surface area contributed by atoms with E-state index in [-0.39, 0.29) is 0 Å². The molecule has 1 N–H and O–H groups in total. The fraction of sp³-hybridized carbons (Fsp3) is 0.467. The molecule has 106 valence electrons. The second kappa shape index (κ2) is 6.78. The van der Waals surface area contributed by atoms with E-state index in [9.17, 15) is 0 Å². The van der Waals surface area contributed by atoms with Crippen molar-refractivity contribution < 1.29 is 0 Å². The zero-order valence-electron chi connectivity index (χ0n) is 11.3. The molecule has 1 saturated carbocycles. The van der Waals surface area contributed by atoms with Gasteiger partial charge in [-0.15, -0.1) is 21.5 Å². The smallest absolute Gasteiger partial charge is 0.121 e. The second-order valence-corrected chi connectivity index (χ2v) is 7.29. The Morgan fingerprint density at radius 3 is 2.90 bits per heavy atom. The van der Waals surface area contributed by atoms with Crippen LogP contribution in [-0.2, 0) is 12.8 Å². The number of benzene rings is 1. The lowest BCUT2D eigenvalue weighted by Gasteiger charge is -1.99. The molecule has 0 bridgehead atoms. The van der Waals surface area contributed by atoms with Gasteiger partial charge in [-0.3, -0.25) is 0 Å². The summed E-state index contributed by atoms with van der Waals surface area (Å²) in [4.78, 5) is 0. The first kappa shape index (κ1) is 14.2. The number of nitrogens with one attached hydrogen (secondary N) is 1. The van der Waals surface area contributed by atoms with E-state index in [1.165, 1.54) is 18.4 Å². The number of rotatable bonds is 7. The van der Waals surface area contributed by atoms with E-state index in [1.54, 1.807) is 11.3 Å². The zero-order chi connectivity index (χ0) is 13.8. The molecule has 20 heavy (non-hydrogen) atoms. The van der Waals surface area contributed by atoms with Crippen LogP contribution in [0.2, 0.25) is 0 Å². The zero-order valence-corrected chi connectivity index (χ0v) is 13.7. The van der Waals surface area contributed by atoms with Gasteiger partial charge < -0.3 is 5.32 Å². The van der Waals surface area contributed by atoms with Gasteiger partial charge in [-0.1, -0.05) is 28.1 Å². The normalized spacial score (nSPS) is 14.7. The highest BCUT2D eigenvalue weighted by Crippen LogP contribution is 2.20. The van der Waals surface area contributed by atoms with Crippen LogP contribution in [-0.4, -0.2) is 22.8 Å². The molecule has 0 unspecified atom stereocenters. The van der Waals surface area contributed by atoms with E-state index in [4.69, 9.17) is 0 Å². The number of halogens is 1. The Balaban J connectivity index is 1.48. The van der Waals surface area contributed by atoms with Gasteiger partial charge in [0.15, 0.2) is 0 Å². The largest absolute Gasteiger partial charge is 0.314 e. The van der Waals surface area contributed by atoms with Crippen LogP contribution in [0.15, 0.2) is 28.7 Å². The standard InChI is InChI=1S/C15H18BrN3S/c16-12-4-1-3-11(9-12)10-15-19-18-14(20-15)5-2-8-17-13-6-7-13/h1,3-4,9,13,17H,2,5-8,10H2. The lowest BCUT2D eigenvalue weighted by molar-refractivity contribution is 0.643. The third-order valence-corrected chi connectivity index (χ3v) is 4.81. The molecule has 0 aliphatic heterocycles. The van der Waals surface area contributed by atoms with Gasteiger partial charge in [0, 0.05) is 23.4 Å². The maximum absolute atomic E-state index is 4.30. The molecule has 0 atom stereocenters. The van der Waals surface area contributed by atoms with Crippen molar-refractivity contribution in [2.24, 2.45) is 0 Å². The van der Waals surface area contributed by atoms with Crippen molar-refractivity contribution in [1.82, 2.24) is 15.5 Å². The molecule has 0 amide bonds. The van der Waals surface area contributed by atoms with E-state index < -0.39 is 0 Å². The molecule has 0 saturated heterocycles. The second-order valence-electron chi connectivity index (χ2n) is 5.23. The summed E-state index contributed by atoms with van der Waals surface area (Å²) in [6.45, 7) is 1.10. The van der Waals surface area contributed by atoms with E-state index in [0.29, 0.717) is 0 Å². The third-order valence-electron chi connectivity index (χ3n) is 3.33. The van der Waals surface area contributed by atoms with Crippen LogP contribution in [0.5, 0.6) is 0 Å². The number of hydrogen-bond donors (Lipinski definition) is 1. The highest BCUT2D eigenvalue weighted by Gasteiger charge is 2.19. The Bertz CT molecular complexity index is 566. The molecular weight excluding hydrogens is 334 g/mol. The summed E-state index contributed by atoms with van der Waals surface area (Å²) < 4.78 is 1.12. The van der Waals surface area contributed by atoms with Crippen molar-refractivity contribution in [2.75, 3.05) is 6.54 Å². The van der Waals surface area contributed by atoms with Crippen LogP contribution in [0.1, 0.15) is 34.8 Å². The van der Waals surface area contributed by atoms with E-state index in [0.717, 1.165) is 46.3 Å². The summed E-state index contributed by atoms with van der Waals surface area (Å²) in [6.07, 6.45) is 5.78. The molecule has 1 aliphatic carbocycles. The van der Waals surface area contributed by atoms with Gasteiger partial charge in [-0.05, 0) is 43.5 Å². The molecule has 5 heteroatoms. The van der Waals surface area contributed by atoms with Gasteiger partial charge in [0.05, 0.1) is 0 Å². The number of aryl methyl sites for hydroxylation is 1. The highest BCUT2D eigenvalue weighted by molar-refractivity contribution is 9.10. The topological polar surface area (TPSA) is 37.8 Å². The highest BCUT2D eigenvalue weighted by atomic mass is 79.9. The van der Waals surface area contributed by atoms with E-state index in [2.05, 4.69) is 49.6 Å². The molecule has 1 fully saturated rings. The molecular formula is C15H18BrN3S. The van der Waals surface area contributed by atoms with Gasteiger partial charge >= 0.3 is 0 Å². The van der Waals surface area contributed by atoms with E-state index in [1.807, 2.05) is 6.07 Å². The monoisotopic (exact) mass is 351 g/mol. The molecule has 1 heterocycles. The fourth-order valence-corrected chi connectivity index (χ4v) is 3.48. The van der Waals surface area contributed by atoms with Crippen molar-refractivity contribution in [3.05, 3.63) is 44.3 Å². The van der Waals surface area contributed by atoms with Gasteiger partial charge in [-0.2, -0.15) is 0 Å². The number of nitrogens with zero attached hydrogens (tertiary/aromatic N) is 2. The Morgan fingerprint density at radius 1 is 1.25 bits per heavy atom. The average Bonchev–Trinajstić information content (AvgIpc) is 3.15. The summed E-state index contributed by atoms with van der Waals surface area (Å²) >= 11 is 5.24. The Kier molecular flexibility index (Phi) is 4.81. The molecule has 3 rings (SSSR count). The fourth-order valence-electron chi connectivity index (χ4n) is 2.12. The Labute approximate surface area is 132 Å². The van der Waals surface area contributed by atoms with Crippen LogP contribution in [0.4, 0.5) is 0 Å². The first-order valence-electron chi connectivity index (χ1n) is 7.09. The SMILES string of the molecule is Brc1cccc(Cc2nnc(CCCNC3CC3)s2)c1. The molecule has 1 aliphatic rings. The number of hydrogen-bond acceptors (Lipinski definition) is 4. The average molecular weight is 352 g/mol. The third kappa shape index (κ3) is 4.36. The van der Waals surface area contributed by atoms with Crippen molar-refractivity contribution in [1.29, 1.82) is 0 Å². The minimum atomic E-state index is 0.802. The van der Waals surface area contributed by atoms with Gasteiger partial charge in [-0.25, -0.2) is 0 Å². The van der Waals surface area contributed by atoms with Crippen molar-refractivity contribution in [3.63, 3.8) is 0 Å². The molecule has 2 aromatic rings. The molecule has 1 aromatic heterocycles. The van der Waals surface area contributed by atoms with Gasteiger partial charge in [0.2, 0.25) is 0 Å². The molecule has 0 radical (unpaired) electrons. The lowest BCUT2D eigenvalue weighted by atomic mass is 10.2.